The quantitative estimate of drug-likeness (QED) is 0.710. The normalized spacial score (nSPS) is 31.9. The summed E-state index contributed by atoms with van der Waals surface area (Å²) in [6.45, 7) is 6.11. The molecule has 3 aliphatic rings. The Balaban J connectivity index is 1.64. The third kappa shape index (κ3) is 4.84. The van der Waals surface area contributed by atoms with Gasteiger partial charge in [0.2, 0.25) is 11.7 Å². The summed E-state index contributed by atoms with van der Waals surface area (Å²) in [5.74, 6) is 2.96. The molecule has 4 rings (SSSR count). The van der Waals surface area contributed by atoms with Gasteiger partial charge in [0.25, 0.3) is 0 Å². The van der Waals surface area contributed by atoms with Gasteiger partial charge in [0.05, 0.1) is 39.1 Å². The van der Waals surface area contributed by atoms with Crippen molar-refractivity contribution in [2.75, 3.05) is 34.0 Å². The van der Waals surface area contributed by atoms with Crippen LogP contribution in [0.2, 0.25) is 0 Å². The van der Waals surface area contributed by atoms with E-state index in [4.69, 9.17) is 23.7 Å². The van der Waals surface area contributed by atoms with E-state index in [1.165, 1.54) is 0 Å². The number of hydrogen-bond donors (Lipinski definition) is 1. The lowest BCUT2D eigenvalue weighted by Gasteiger charge is -2.52. The Morgan fingerprint density at radius 1 is 1.22 bits per heavy atom. The molecule has 5 atom stereocenters. The SMILES string of the molecule is COCCC(=O)N[C@]1(C)C[C@H](c2cc(OC)c3c(c2)OCCCO3)O[C@@H]2C[C@H](C)CC[C@H]21. The molecular weight excluding hydrogens is 410 g/mol. The molecule has 0 aromatic heterocycles. The van der Waals surface area contributed by atoms with Crippen molar-refractivity contribution in [3.05, 3.63) is 17.7 Å². The molecule has 2 aliphatic heterocycles. The molecule has 2 heterocycles. The number of benzene rings is 1. The summed E-state index contributed by atoms with van der Waals surface area (Å²) in [4.78, 5) is 12.7. The predicted octanol–water partition coefficient (Wildman–Crippen LogP) is 4.03. The second-order valence-corrected chi connectivity index (χ2v) is 9.70. The molecular formula is C25H37NO6. The number of hydrogen-bond acceptors (Lipinski definition) is 6. The van der Waals surface area contributed by atoms with Gasteiger partial charge >= 0.3 is 0 Å². The number of rotatable bonds is 6. The van der Waals surface area contributed by atoms with Crippen LogP contribution in [-0.4, -0.2) is 51.6 Å². The molecule has 1 amide bonds. The molecule has 7 heteroatoms. The van der Waals surface area contributed by atoms with Crippen molar-refractivity contribution in [2.24, 2.45) is 11.8 Å². The lowest BCUT2D eigenvalue weighted by Crippen LogP contribution is -2.60. The number of fused-ring (bicyclic) bond motifs is 2. The first-order chi connectivity index (χ1) is 15.4. The Bertz CT molecular complexity index is 814. The van der Waals surface area contributed by atoms with E-state index in [1.54, 1.807) is 14.2 Å². The number of carbonyl (C=O) groups excluding carboxylic acids is 1. The number of methoxy groups -OCH3 is 2. The van der Waals surface area contributed by atoms with E-state index in [1.807, 2.05) is 12.1 Å². The lowest BCUT2D eigenvalue weighted by atomic mass is 9.66. The number of nitrogens with one attached hydrogen (secondary N) is 1. The number of amides is 1. The van der Waals surface area contributed by atoms with E-state index < -0.39 is 0 Å². The van der Waals surface area contributed by atoms with Gasteiger partial charge in [-0.15, -0.1) is 0 Å². The zero-order valence-corrected chi connectivity index (χ0v) is 19.8. The first-order valence-corrected chi connectivity index (χ1v) is 11.9. The summed E-state index contributed by atoms with van der Waals surface area (Å²) in [5, 5.41) is 3.36. The minimum absolute atomic E-state index is 0.0311. The van der Waals surface area contributed by atoms with Gasteiger partial charge in [0, 0.05) is 37.8 Å². The fraction of sp³-hybridized carbons (Fsp3) is 0.720. The smallest absolute Gasteiger partial charge is 0.222 e. The standard InChI is InChI=1S/C25H37NO6/c1-16-6-7-18-19(12-16)32-22(15-25(18,2)26-23(27)8-11-28-3)17-13-20(29-4)24-21(14-17)30-9-5-10-31-24/h13-14,16,18-19,22H,5-12,15H2,1-4H3,(H,26,27)/t16-,18-,19-,22-,25-/m1/s1. The average Bonchev–Trinajstić information content (AvgIpc) is 3.02. The summed E-state index contributed by atoms with van der Waals surface area (Å²) >= 11 is 0. The second kappa shape index (κ2) is 9.87. The van der Waals surface area contributed by atoms with Crippen LogP contribution < -0.4 is 19.5 Å². The van der Waals surface area contributed by atoms with Crippen LogP contribution in [0.1, 0.15) is 64.0 Å². The van der Waals surface area contributed by atoms with Crippen LogP contribution in [-0.2, 0) is 14.3 Å². The molecule has 1 aromatic carbocycles. The van der Waals surface area contributed by atoms with Gasteiger partial charge < -0.3 is 29.0 Å². The summed E-state index contributed by atoms with van der Waals surface area (Å²) in [6.07, 6.45) is 5.06. The fourth-order valence-corrected chi connectivity index (χ4v) is 5.52. The van der Waals surface area contributed by atoms with Crippen LogP contribution >= 0.6 is 0 Å². The molecule has 1 aliphatic carbocycles. The molecule has 0 unspecified atom stereocenters. The number of carbonyl (C=O) groups is 1. The van der Waals surface area contributed by atoms with E-state index in [0.29, 0.717) is 61.7 Å². The minimum atomic E-state index is -0.351. The van der Waals surface area contributed by atoms with Crippen molar-refractivity contribution in [1.29, 1.82) is 0 Å². The van der Waals surface area contributed by atoms with Crippen molar-refractivity contribution >= 4 is 5.91 Å². The Morgan fingerprint density at radius 3 is 2.81 bits per heavy atom. The van der Waals surface area contributed by atoms with E-state index in [2.05, 4.69) is 19.2 Å². The highest BCUT2D eigenvalue weighted by molar-refractivity contribution is 5.77. The molecule has 1 aromatic rings. The maximum Gasteiger partial charge on any atom is 0.222 e. The van der Waals surface area contributed by atoms with Gasteiger partial charge in [0.1, 0.15) is 0 Å². The molecule has 1 saturated carbocycles. The van der Waals surface area contributed by atoms with Gasteiger partial charge in [-0.1, -0.05) is 13.3 Å². The zero-order valence-electron chi connectivity index (χ0n) is 19.8. The van der Waals surface area contributed by atoms with Crippen molar-refractivity contribution in [3.8, 4) is 17.2 Å². The molecule has 0 radical (unpaired) electrons. The topological polar surface area (TPSA) is 75.3 Å². The minimum Gasteiger partial charge on any atom is -0.493 e. The average molecular weight is 448 g/mol. The summed E-state index contributed by atoms with van der Waals surface area (Å²) < 4.78 is 29.3. The Morgan fingerprint density at radius 2 is 2.03 bits per heavy atom. The Hall–Kier alpha value is -1.99. The van der Waals surface area contributed by atoms with Crippen molar-refractivity contribution < 1.29 is 28.5 Å². The first kappa shape index (κ1) is 23.2. The first-order valence-electron chi connectivity index (χ1n) is 11.9. The third-order valence-electron chi connectivity index (χ3n) is 7.21. The van der Waals surface area contributed by atoms with Crippen LogP contribution in [0.15, 0.2) is 12.1 Å². The van der Waals surface area contributed by atoms with Gasteiger partial charge in [-0.25, -0.2) is 0 Å². The maximum atomic E-state index is 12.7. The van der Waals surface area contributed by atoms with Gasteiger partial charge in [0.15, 0.2) is 11.5 Å². The highest BCUT2D eigenvalue weighted by atomic mass is 16.5. The van der Waals surface area contributed by atoms with Gasteiger partial charge in [-0.2, -0.15) is 0 Å². The van der Waals surface area contributed by atoms with Crippen LogP contribution in [0.4, 0.5) is 0 Å². The van der Waals surface area contributed by atoms with Crippen LogP contribution in [0.25, 0.3) is 0 Å². The molecule has 0 bridgehead atoms. The molecule has 7 nitrogen and oxygen atoms in total. The van der Waals surface area contributed by atoms with Crippen molar-refractivity contribution in [3.63, 3.8) is 0 Å². The Kier molecular flexibility index (Phi) is 7.15. The Labute approximate surface area is 191 Å². The fourth-order valence-electron chi connectivity index (χ4n) is 5.52. The summed E-state index contributed by atoms with van der Waals surface area (Å²) in [5.41, 5.74) is 0.649. The molecule has 1 saturated heterocycles. The van der Waals surface area contributed by atoms with Crippen LogP contribution in [0.5, 0.6) is 17.2 Å². The zero-order chi connectivity index (χ0) is 22.7. The highest BCUT2D eigenvalue weighted by Crippen LogP contribution is 2.50. The third-order valence-corrected chi connectivity index (χ3v) is 7.21. The molecule has 178 valence electrons. The van der Waals surface area contributed by atoms with E-state index >= 15 is 0 Å². The predicted molar refractivity (Wildman–Crippen MR) is 120 cm³/mol. The molecule has 1 N–H and O–H groups in total. The highest BCUT2D eigenvalue weighted by Gasteiger charge is 2.49. The van der Waals surface area contributed by atoms with Crippen molar-refractivity contribution in [2.45, 2.75) is 70.1 Å². The monoisotopic (exact) mass is 447 g/mol. The largest absolute Gasteiger partial charge is 0.493 e. The van der Waals surface area contributed by atoms with Crippen LogP contribution in [0, 0.1) is 11.8 Å². The van der Waals surface area contributed by atoms with E-state index in [0.717, 1.165) is 31.2 Å². The van der Waals surface area contributed by atoms with Crippen molar-refractivity contribution in [1.82, 2.24) is 5.32 Å². The molecule has 0 spiro atoms. The van der Waals surface area contributed by atoms with Gasteiger partial charge in [-0.05, 0) is 43.4 Å². The summed E-state index contributed by atoms with van der Waals surface area (Å²) in [6, 6.07) is 4.02. The second-order valence-electron chi connectivity index (χ2n) is 9.70. The maximum absolute atomic E-state index is 12.7. The van der Waals surface area contributed by atoms with E-state index in [9.17, 15) is 4.79 Å². The van der Waals surface area contributed by atoms with Crippen LogP contribution in [0.3, 0.4) is 0 Å². The van der Waals surface area contributed by atoms with Gasteiger partial charge in [-0.3, -0.25) is 4.79 Å². The molecule has 32 heavy (non-hydrogen) atoms. The number of ether oxygens (including phenoxy) is 5. The lowest BCUT2D eigenvalue weighted by molar-refractivity contribution is -0.154. The summed E-state index contributed by atoms with van der Waals surface area (Å²) in [7, 11) is 3.27. The molecule has 2 fully saturated rings. The van der Waals surface area contributed by atoms with E-state index in [-0.39, 0.29) is 23.7 Å².